The Hall–Kier alpha value is -1.60. The molecule has 1 heterocycles. The predicted molar refractivity (Wildman–Crippen MR) is 107 cm³/mol. The quantitative estimate of drug-likeness (QED) is 0.433. The molecule has 1 aromatic heterocycles. The van der Waals surface area contributed by atoms with Crippen LogP contribution in [-0.4, -0.2) is 58.5 Å². The molecule has 2 aromatic carbocycles. The van der Waals surface area contributed by atoms with E-state index in [2.05, 4.69) is 10.3 Å². The first-order chi connectivity index (χ1) is 12.4. The number of benzene rings is 2. The molecule has 27 heavy (non-hydrogen) atoms. The molecule has 7 nitrogen and oxygen atoms in total. The Morgan fingerprint density at radius 1 is 1.04 bits per heavy atom. The van der Waals surface area contributed by atoms with Gasteiger partial charge in [-0.25, -0.2) is 0 Å². The van der Waals surface area contributed by atoms with E-state index in [1.807, 2.05) is 18.2 Å². The minimum atomic E-state index is -4.07. The Morgan fingerprint density at radius 3 is 2.26 bits per heavy atom. The number of nitrogens with zero attached hydrogens (tertiary/aromatic N) is 1. The van der Waals surface area contributed by atoms with Crippen LogP contribution in [0.4, 0.5) is 11.4 Å². The number of pyridine rings is 1. The van der Waals surface area contributed by atoms with Crippen molar-refractivity contribution in [3.63, 3.8) is 0 Å². The molecule has 0 saturated heterocycles. The fraction of sp³-hybridized carbons (Fsp3) is 0.167. The van der Waals surface area contributed by atoms with Gasteiger partial charge >= 0.3 is 37.2 Å². The summed E-state index contributed by atoms with van der Waals surface area (Å²) in [5, 5.41) is 4.16. The fourth-order valence-electron chi connectivity index (χ4n) is 2.67. The van der Waals surface area contributed by atoms with Gasteiger partial charge in [0, 0.05) is 29.0 Å². The summed E-state index contributed by atoms with van der Waals surface area (Å²) < 4.78 is 21.7. The summed E-state index contributed by atoms with van der Waals surface area (Å²) in [6, 6.07) is 12.4. The van der Waals surface area contributed by atoms with Crippen LogP contribution >= 0.6 is 7.60 Å². The first-order valence-electron chi connectivity index (χ1n) is 7.81. The monoisotopic (exact) mass is 398 g/mol. The molecule has 0 radical (unpaired) electrons. The van der Waals surface area contributed by atoms with Crippen molar-refractivity contribution in [2.45, 2.75) is 6.16 Å². The fourth-order valence-corrected chi connectivity index (χ4v) is 3.35. The first-order valence-corrected chi connectivity index (χ1v) is 9.60. The van der Waals surface area contributed by atoms with Crippen LogP contribution in [0.3, 0.4) is 0 Å². The Balaban J connectivity index is 0.00000261. The molecule has 0 spiro atoms. The summed E-state index contributed by atoms with van der Waals surface area (Å²) >= 11 is 0. The van der Waals surface area contributed by atoms with Crippen molar-refractivity contribution in [2.24, 2.45) is 0 Å². The molecule has 3 N–H and O–H groups in total. The summed E-state index contributed by atoms with van der Waals surface area (Å²) in [4.78, 5) is 22.5. The van der Waals surface area contributed by atoms with Crippen molar-refractivity contribution >= 4 is 59.4 Å². The number of rotatable bonds is 6. The SMILES string of the molecule is COc1cc2nccc(Nc3ccc(CP(=O)(O)O)cc3)c2cc1OC.[NaH]. The van der Waals surface area contributed by atoms with E-state index in [0.29, 0.717) is 17.1 Å². The van der Waals surface area contributed by atoms with E-state index in [1.54, 1.807) is 44.7 Å². The molecule has 3 rings (SSSR count). The van der Waals surface area contributed by atoms with Crippen LogP contribution in [0.15, 0.2) is 48.7 Å². The number of nitrogens with one attached hydrogen (secondary N) is 1. The Labute approximate surface area is 179 Å². The molecule has 0 aliphatic heterocycles. The van der Waals surface area contributed by atoms with Crippen LogP contribution in [0.25, 0.3) is 10.9 Å². The zero-order valence-electron chi connectivity index (χ0n) is 14.3. The van der Waals surface area contributed by atoms with Gasteiger partial charge < -0.3 is 24.6 Å². The molecular formula is C18H20N2NaO5P. The Kier molecular flexibility index (Phi) is 7.28. The Bertz CT molecular complexity index is 975. The van der Waals surface area contributed by atoms with Crippen molar-refractivity contribution in [3.05, 3.63) is 54.2 Å². The van der Waals surface area contributed by atoms with Crippen molar-refractivity contribution in [2.75, 3.05) is 19.5 Å². The van der Waals surface area contributed by atoms with Crippen LogP contribution in [0.2, 0.25) is 0 Å². The van der Waals surface area contributed by atoms with Gasteiger partial charge in [-0.15, -0.1) is 0 Å². The number of hydrogen-bond acceptors (Lipinski definition) is 5. The van der Waals surface area contributed by atoms with Gasteiger partial charge in [0.1, 0.15) is 0 Å². The molecule has 0 bridgehead atoms. The van der Waals surface area contributed by atoms with Gasteiger partial charge in [0.2, 0.25) is 0 Å². The number of ether oxygens (including phenoxy) is 2. The minimum absolute atomic E-state index is 0. The van der Waals surface area contributed by atoms with Crippen molar-refractivity contribution in [3.8, 4) is 11.5 Å². The maximum atomic E-state index is 11.1. The summed E-state index contributed by atoms with van der Waals surface area (Å²) in [6.07, 6.45) is 1.42. The second kappa shape index (κ2) is 9.06. The molecule has 0 aliphatic rings. The van der Waals surface area contributed by atoms with E-state index in [9.17, 15) is 4.57 Å². The van der Waals surface area contributed by atoms with E-state index in [-0.39, 0.29) is 35.7 Å². The molecule has 0 aliphatic carbocycles. The molecule has 9 heteroatoms. The van der Waals surface area contributed by atoms with Crippen LogP contribution < -0.4 is 14.8 Å². The number of fused-ring (bicyclic) bond motifs is 1. The molecule has 0 fully saturated rings. The molecule has 0 amide bonds. The molecule has 0 atom stereocenters. The van der Waals surface area contributed by atoms with Crippen LogP contribution in [0.5, 0.6) is 11.5 Å². The van der Waals surface area contributed by atoms with Crippen molar-refractivity contribution in [1.29, 1.82) is 0 Å². The van der Waals surface area contributed by atoms with Gasteiger partial charge in [0.25, 0.3) is 0 Å². The topological polar surface area (TPSA) is 101 Å². The number of aromatic nitrogens is 1. The molecule has 3 aromatic rings. The number of hydrogen-bond donors (Lipinski definition) is 3. The summed E-state index contributed by atoms with van der Waals surface area (Å²) in [5.41, 5.74) is 2.96. The van der Waals surface area contributed by atoms with E-state index in [0.717, 1.165) is 22.3 Å². The summed E-state index contributed by atoms with van der Waals surface area (Å²) in [7, 11) is -0.923. The van der Waals surface area contributed by atoms with E-state index in [1.165, 1.54) is 0 Å². The number of anilines is 2. The van der Waals surface area contributed by atoms with Crippen molar-refractivity contribution in [1.82, 2.24) is 4.98 Å². The summed E-state index contributed by atoms with van der Waals surface area (Å²) in [6.45, 7) is 0. The zero-order chi connectivity index (χ0) is 18.7. The van der Waals surface area contributed by atoms with Gasteiger partial charge in [-0.2, -0.15) is 0 Å². The third kappa shape index (κ3) is 5.45. The average Bonchev–Trinajstić information content (AvgIpc) is 2.61. The van der Waals surface area contributed by atoms with E-state index >= 15 is 0 Å². The molecular weight excluding hydrogens is 378 g/mol. The molecule has 138 valence electrons. The normalized spacial score (nSPS) is 11.0. The van der Waals surface area contributed by atoms with Gasteiger partial charge in [0.05, 0.1) is 25.9 Å². The maximum absolute atomic E-state index is 11.1. The van der Waals surface area contributed by atoms with Crippen LogP contribution in [0, 0.1) is 0 Å². The Morgan fingerprint density at radius 2 is 1.67 bits per heavy atom. The van der Waals surface area contributed by atoms with Gasteiger partial charge in [-0.3, -0.25) is 9.55 Å². The van der Waals surface area contributed by atoms with Gasteiger partial charge in [-0.1, -0.05) is 12.1 Å². The average molecular weight is 398 g/mol. The van der Waals surface area contributed by atoms with E-state index < -0.39 is 7.60 Å². The third-order valence-electron chi connectivity index (χ3n) is 3.87. The second-order valence-corrected chi connectivity index (χ2v) is 7.37. The van der Waals surface area contributed by atoms with E-state index in [4.69, 9.17) is 19.3 Å². The van der Waals surface area contributed by atoms with Crippen LogP contribution in [0.1, 0.15) is 5.56 Å². The van der Waals surface area contributed by atoms with Gasteiger partial charge in [0.15, 0.2) is 11.5 Å². The summed E-state index contributed by atoms with van der Waals surface area (Å²) in [5.74, 6) is 1.21. The molecule has 0 saturated carbocycles. The zero-order valence-corrected chi connectivity index (χ0v) is 15.2. The van der Waals surface area contributed by atoms with Crippen molar-refractivity contribution < 1.29 is 23.8 Å². The standard InChI is InChI=1S/C18H19N2O5P.Na.H/c1-24-17-9-14-15(7-8-19-16(14)10-18(17)25-2)20-13-5-3-12(4-6-13)11-26(21,22)23;;/h3-10H,11H2,1-2H3,(H,19,20)(H2,21,22,23);;. The first kappa shape index (κ1) is 21.7. The third-order valence-corrected chi connectivity index (χ3v) is 4.65. The predicted octanol–water partition coefficient (Wildman–Crippen LogP) is 3.02. The number of methoxy groups -OCH3 is 2. The van der Waals surface area contributed by atoms with Crippen LogP contribution in [-0.2, 0) is 10.7 Å². The van der Waals surface area contributed by atoms with Gasteiger partial charge in [-0.05, 0) is 29.8 Å². The second-order valence-electron chi connectivity index (χ2n) is 5.73. The molecule has 0 unspecified atom stereocenters.